The van der Waals surface area contributed by atoms with Crippen molar-refractivity contribution in [2.45, 2.75) is 45.2 Å². The molecule has 0 N–H and O–H groups in total. The normalized spacial score (nSPS) is 31.5. The van der Waals surface area contributed by atoms with Crippen LogP contribution in [-0.2, 0) is 9.47 Å². The summed E-state index contributed by atoms with van der Waals surface area (Å²) in [6.45, 7) is 4.27. The second-order valence-electron chi connectivity index (χ2n) is 4.09. The van der Waals surface area contributed by atoms with Gasteiger partial charge in [-0.2, -0.15) is 0 Å². The Morgan fingerprint density at radius 2 is 1.93 bits per heavy atom. The molecule has 15 heavy (non-hydrogen) atoms. The van der Waals surface area contributed by atoms with Crippen molar-refractivity contribution in [2.24, 2.45) is 0 Å². The number of benzene rings is 1. The summed E-state index contributed by atoms with van der Waals surface area (Å²) in [6.07, 6.45) is 2.49. The minimum Gasteiger partial charge on any atom is -0.345 e. The molecular weight excluding hydrogens is 188 g/mol. The molecule has 0 saturated carbocycles. The van der Waals surface area contributed by atoms with Gasteiger partial charge in [0, 0.05) is 5.56 Å². The highest BCUT2D eigenvalue weighted by atomic mass is 16.7. The van der Waals surface area contributed by atoms with Crippen LogP contribution in [0.5, 0.6) is 0 Å². The first-order valence-electron chi connectivity index (χ1n) is 5.65. The van der Waals surface area contributed by atoms with Crippen LogP contribution in [0, 0.1) is 0 Å². The predicted octanol–water partition coefficient (Wildman–Crippen LogP) is 3.29. The Labute approximate surface area is 91.2 Å². The molecule has 1 aromatic rings. The van der Waals surface area contributed by atoms with Gasteiger partial charge in [-0.25, -0.2) is 0 Å². The fraction of sp³-hybridized carbons (Fsp3) is 0.538. The van der Waals surface area contributed by atoms with Crippen LogP contribution >= 0.6 is 0 Å². The Balaban J connectivity index is 2.09. The van der Waals surface area contributed by atoms with Crippen molar-refractivity contribution in [3.8, 4) is 0 Å². The van der Waals surface area contributed by atoms with E-state index in [4.69, 9.17) is 9.47 Å². The highest BCUT2D eigenvalue weighted by molar-refractivity contribution is 5.16. The van der Waals surface area contributed by atoms with Crippen LogP contribution in [0.1, 0.15) is 38.5 Å². The number of hydrogen-bond donors (Lipinski definition) is 0. The fourth-order valence-electron chi connectivity index (χ4n) is 1.93. The van der Waals surface area contributed by atoms with E-state index in [2.05, 4.69) is 26.0 Å². The first-order valence-corrected chi connectivity index (χ1v) is 5.65. The Kier molecular flexibility index (Phi) is 3.39. The lowest BCUT2D eigenvalue weighted by Crippen LogP contribution is -2.31. The predicted molar refractivity (Wildman–Crippen MR) is 59.5 cm³/mol. The molecule has 82 valence electrons. The van der Waals surface area contributed by atoms with E-state index in [0.717, 1.165) is 18.4 Å². The SMILES string of the molecule is CCC1CC(C)OC(c2ccccc2)O1. The Morgan fingerprint density at radius 1 is 1.20 bits per heavy atom. The minimum atomic E-state index is -0.181. The zero-order chi connectivity index (χ0) is 10.7. The van der Waals surface area contributed by atoms with Gasteiger partial charge in [-0.15, -0.1) is 0 Å². The number of hydrogen-bond acceptors (Lipinski definition) is 2. The van der Waals surface area contributed by atoms with Gasteiger partial charge in [0.05, 0.1) is 12.2 Å². The number of rotatable bonds is 2. The van der Waals surface area contributed by atoms with Gasteiger partial charge in [0.15, 0.2) is 6.29 Å². The summed E-state index contributed by atoms with van der Waals surface area (Å²) >= 11 is 0. The molecule has 0 aromatic heterocycles. The molecule has 1 fully saturated rings. The quantitative estimate of drug-likeness (QED) is 0.739. The molecular formula is C13H18O2. The maximum Gasteiger partial charge on any atom is 0.184 e. The second kappa shape index (κ2) is 4.77. The summed E-state index contributed by atoms with van der Waals surface area (Å²) in [5, 5.41) is 0. The first kappa shape index (κ1) is 10.7. The number of ether oxygens (including phenoxy) is 2. The van der Waals surface area contributed by atoms with Gasteiger partial charge in [-0.1, -0.05) is 37.3 Å². The molecule has 2 rings (SSSR count). The van der Waals surface area contributed by atoms with Gasteiger partial charge >= 0.3 is 0 Å². The zero-order valence-electron chi connectivity index (χ0n) is 9.35. The molecule has 1 aliphatic heterocycles. The Morgan fingerprint density at radius 3 is 2.60 bits per heavy atom. The lowest BCUT2D eigenvalue weighted by atomic mass is 10.1. The minimum absolute atomic E-state index is 0.181. The van der Waals surface area contributed by atoms with Crippen LogP contribution in [0.3, 0.4) is 0 Å². The fourth-order valence-corrected chi connectivity index (χ4v) is 1.93. The Hall–Kier alpha value is -0.860. The van der Waals surface area contributed by atoms with Crippen LogP contribution in [-0.4, -0.2) is 12.2 Å². The zero-order valence-corrected chi connectivity index (χ0v) is 9.35. The molecule has 0 amide bonds. The van der Waals surface area contributed by atoms with E-state index in [9.17, 15) is 0 Å². The van der Waals surface area contributed by atoms with Gasteiger partial charge in [0.25, 0.3) is 0 Å². The molecule has 3 unspecified atom stereocenters. The van der Waals surface area contributed by atoms with E-state index < -0.39 is 0 Å². The largest absolute Gasteiger partial charge is 0.345 e. The average molecular weight is 206 g/mol. The molecule has 1 aromatic carbocycles. The molecule has 0 bridgehead atoms. The van der Waals surface area contributed by atoms with E-state index in [0.29, 0.717) is 6.10 Å². The first-order chi connectivity index (χ1) is 7.29. The molecule has 3 atom stereocenters. The van der Waals surface area contributed by atoms with E-state index >= 15 is 0 Å². The van der Waals surface area contributed by atoms with Gasteiger partial charge in [-0.05, 0) is 19.8 Å². The monoisotopic (exact) mass is 206 g/mol. The summed E-state index contributed by atoms with van der Waals surface area (Å²) in [4.78, 5) is 0. The van der Waals surface area contributed by atoms with E-state index in [-0.39, 0.29) is 12.4 Å². The van der Waals surface area contributed by atoms with Crippen molar-refractivity contribution in [3.63, 3.8) is 0 Å². The summed E-state index contributed by atoms with van der Waals surface area (Å²) in [5.74, 6) is 0. The van der Waals surface area contributed by atoms with Crippen LogP contribution in [0.4, 0.5) is 0 Å². The lowest BCUT2D eigenvalue weighted by molar-refractivity contribution is -0.243. The molecule has 2 heteroatoms. The summed E-state index contributed by atoms with van der Waals surface area (Å²) in [7, 11) is 0. The van der Waals surface area contributed by atoms with Gasteiger partial charge in [0.2, 0.25) is 0 Å². The van der Waals surface area contributed by atoms with Crippen LogP contribution in [0.15, 0.2) is 30.3 Å². The average Bonchev–Trinajstić information content (AvgIpc) is 2.29. The third-order valence-corrected chi connectivity index (χ3v) is 2.79. The second-order valence-corrected chi connectivity index (χ2v) is 4.09. The molecule has 0 radical (unpaired) electrons. The standard InChI is InChI=1S/C13H18O2/c1-3-12-9-10(2)14-13(15-12)11-7-5-4-6-8-11/h4-8,10,12-13H,3,9H2,1-2H3. The van der Waals surface area contributed by atoms with Crippen molar-refractivity contribution >= 4 is 0 Å². The van der Waals surface area contributed by atoms with E-state index in [1.165, 1.54) is 0 Å². The lowest BCUT2D eigenvalue weighted by Gasteiger charge is -2.34. The van der Waals surface area contributed by atoms with Crippen molar-refractivity contribution in [1.29, 1.82) is 0 Å². The molecule has 0 aliphatic carbocycles. The molecule has 1 heterocycles. The maximum absolute atomic E-state index is 5.87. The maximum atomic E-state index is 5.87. The van der Waals surface area contributed by atoms with E-state index in [1.807, 2.05) is 18.2 Å². The summed E-state index contributed by atoms with van der Waals surface area (Å²) < 4.78 is 11.7. The summed E-state index contributed by atoms with van der Waals surface area (Å²) in [6, 6.07) is 10.1. The van der Waals surface area contributed by atoms with Gasteiger partial charge < -0.3 is 9.47 Å². The van der Waals surface area contributed by atoms with Crippen LogP contribution < -0.4 is 0 Å². The smallest absolute Gasteiger partial charge is 0.184 e. The highest BCUT2D eigenvalue weighted by Gasteiger charge is 2.27. The van der Waals surface area contributed by atoms with Crippen molar-refractivity contribution in [1.82, 2.24) is 0 Å². The van der Waals surface area contributed by atoms with Gasteiger partial charge in [0.1, 0.15) is 0 Å². The molecule has 1 saturated heterocycles. The van der Waals surface area contributed by atoms with Crippen LogP contribution in [0.25, 0.3) is 0 Å². The molecule has 0 spiro atoms. The van der Waals surface area contributed by atoms with Gasteiger partial charge in [-0.3, -0.25) is 0 Å². The van der Waals surface area contributed by atoms with Crippen molar-refractivity contribution in [2.75, 3.05) is 0 Å². The topological polar surface area (TPSA) is 18.5 Å². The highest BCUT2D eigenvalue weighted by Crippen LogP contribution is 2.30. The van der Waals surface area contributed by atoms with Crippen LogP contribution in [0.2, 0.25) is 0 Å². The molecule has 1 aliphatic rings. The van der Waals surface area contributed by atoms with Crippen molar-refractivity contribution in [3.05, 3.63) is 35.9 Å². The summed E-state index contributed by atoms with van der Waals surface area (Å²) in [5.41, 5.74) is 1.11. The Bertz CT molecular complexity index is 297. The third kappa shape index (κ3) is 2.58. The molecule has 2 nitrogen and oxygen atoms in total. The third-order valence-electron chi connectivity index (χ3n) is 2.79. The van der Waals surface area contributed by atoms with Crippen molar-refractivity contribution < 1.29 is 9.47 Å². The van der Waals surface area contributed by atoms with E-state index in [1.54, 1.807) is 0 Å².